The summed E-state index contributed by atoms with van der Waals surface area (Å²) >= 11 is 6.12. The van der Waals surface area contributed by atoms with E-state index in [1.807, 2.05) is 17.0 Å². The van der Waals surface area contributed by atoms with Crippen LogP contribution in [0, 0.1) is 0 Å². The Balaban J connectivity index is 1.74. The van der Waals surface area contributed by atoms with E-state index in [2.05, 4.69) is 0 Å². The summed E-state index contributed by atoms with van der Waals surface area (Å²) in [6.07, 6.45) is 0.445. The minimum atomic E-state index is -1.15. The van der Waals surface area contributed by atoms with E-state index in [0.717, 1.165) is 5.56 Å². The number of nitrogens with zero attached hydrogens (tertiary/aromatic N) is 1. The second-order valence-corrected chi connectivity index (χ2v) is 5.64. The molecule has 3 N–H and O–H groups in total. The van der Waals surface area contributed by atoms with Crippen LogP contribution >= 0.6 is 11.6 Å². The van der Waals surface area contributed by atoms with Crippen molar-refractivity contribution in [2.24, 2.45) is 5.73 Å². The molecule has 2 heterocycles. The predicted molar refractivity (Wildman–Crippen MR) is 72.0 cm³/mol. The van der Waals surface area contributed by atoms with Crippen molar-refractivity contribution < 1.29 is 19.4 Å². The Morgan fingerprint density at radius 1 is 1.50 bits per heavy atom. The van der Waals surface area contributed by atoms with Gasteiger partial charge in [-0.2, -0.15) is 0 Å². The third kappa shape index (κ3) is 2.30. The van der Waals surface area contributed by atoms with E-state index in [1.165, 1.54) is 0 Å². The van der Waals surface area contributed by atoms with Gasteiger partial charge in [0.15, 0.2) is 11.5 Å². The second kappa shape index (κ2) is 4.80. The molecule has 20 heavy (non-hydrogen) atoms. The highest BCUT2D eigenvalue weighted by atomic mass is 35.5. The highest BCUT2D eigenvalue weighted by Gasteiger charge is 2.41. The summed E-state index contributed by atoms with van der Waals surface area (Å²) < 4.78 is 10.6. The zero-order valence-electron chi connectivity index (χ0n) is 10.8. The van der Waals surface area contributed by atoms with Gasteiger partial charge in [0.05, 0.1) is 5.02 Å². The first-order valence-corrected chi connectivity index (χ1v) is 6.68. The number of fused-ring (bicyclic) bond motifs is 1. The van der Waals surface area contributed by atoms with Crippen molar-refractivity contribution in [2.75, 3.05) is 19.9 Å². The Morgan fingerprint density at radius 2 is 2.30 bits per heavy atom. The fourth-order valence-electron chi connectivity index (χ4n) is 2.59. The summed E-state index contributed by atoms with van der Waals surface area (Å²) in [5.41, 5.74) is 5.65. The number of carboxylic acids is 1. The molecule has 1 aromatic rings. The number of hydrogen-bond acceptors (Lipinski definition) is 5. The van der Waals surface area contributed by atoms with E-state index in [-0.39, 0.29) is 6.79 Å². The fourth-order valence-corrected chi connectivity index (χ4v) is 2.88. The molecule has 6 nitrogen and oxygen atoms in total. The smallest absolute Gasteiger partial charge is 0.325 e. The molecule has 1 atom stereocenters. The maximum Gasteiger partial charge on any atom is 0.325 e. The molecule has 0 aromatic heterocycles. The van der Waals surface area contributed by atoms with Gasteiger partial charge in [-0.3, -0.25) is 9.69 Å². The predicted octanol–water partition coefficient (Wildman–Crippen LogP) is 1.06. The SMILES string of the molecule is NC1(C(=O)O)CCN(Cc2cc(Cl)c3c(c2)OCO3)C1. The second-order valence-electron chi connectivity index (χ2n) is 5.23. The normalized spacial score (nSPS) is 25.1. The van der Waals surface area contributed by atoms with Crippen LogP contribution < -0.4 is 15.2 Å². The molecule has 0 aliphatic carbocycles. The van der Waals surface area contributed by atoms with Gasteiger partial charge in [-0.05, 0) is 24.1 Å². The lowest BCUT2D eigenvalue weighted by Gasteiger charge is -2.20. The molecule has 3 rings (SSSR count). The number of hydrogen-bond donors (Lipinski definition) is 2. The van der Waals surface area contributed by atoms with E-state index in [1.54, 1.807) is 0 Å². The van der Waals surface area contributed by atoms with E-state index in [9.17, 15) is 4.79 Å². The van der Waals surface area contributed by atoms with Crippen LogP contribution in [0.4, 0.5) is 0 Å². The van der Waals surface area contributed by atoms with Crippen molar-refractivity contribution >= 4 is 17.6 Å². The maximum atomic E-state index is 11.1. The van der Waals surface area contributed by atoms with Crippen LogP contribution in [0.15, 0.2) is 12.1 Å². The number of benzene rings is 1. The molecule has 1 fully saturated rings. The Labute approximate surface area is 121 Å². The first-order valence-electron chi connectivity index (χ1n) is 6.31. The van der Waals surface area contributed by atoms with Crippen LogP contribution in [0.25, 0.3) is 0 Å². The summed E-state index contributed by atoms with van der Waals surface area (Å²) in [7, 11) is 0. The molecule has 1 saturated heterocycles. The Bertz CT molecular complexity index is 566. The van der Waals surface area contributed by atoms with Crippen LogP contribution in [-0.2, 0) is 11.3 Å². The van der Waals surface area contributed by atoms with Crippen molar-refractivity contribution in [3.63, 3.8) is 0 Å². The third-order valence-corrected chi connectivity index (χ3v) is 3.98. The molecule has 7 heteroatoms. The van der Waals surface area contributed by atoms with Gasteiger partial charge < -0.3 is 20.3 Å². The van der Waals surface area contributed by atoms with E-state index in [4.69, 9.17) is 31.9 Å². The average molecular weight is 299 g/mol. The molecule has 1 unspecified atom stereocenters. The quantitative estimate of drug-likeness (QED) is 0.868. The van der Waals surface area contributed by atoms with Gasteiger partial charge in [0.2, 0.25) is 6.79 Å². The van der Waals surface area contributed by atoms with Crippen LogP contribution in [0.2, 0.25) is 5.02 Å². The largest absolute Gasteiger partial charge is 0.480 e. The lowest BCUT2D eigenvalue weighted by molar-refractivity contribution is -0.142. The molecule has 2 aliphatic rings. The molecule has 2 aliphatic heterocycles. The Kier molecular flexibility index (Phi) is 3.24. The topological polar surface area (TPSA) is 85.0 Å². The van der Waals surface area contributed by atoms with Gasteiger partial charge in [0, 0.05) is 19.6 Å². The number of aliphatic carboxylic acids is 1. The van der Waals surface area contributed by atoms with Crippen molar-refractivity contribution in [1.29, 1.82) is 0 Å². The average Bonchev–Trinajstić information content (AvgIpc) is 2.97. The highest BCUT2D eigenvalue weighted by Crippen LogP contribution is 2.40. The van der Waals surface area contributed by atoms with E-state index < -0.39 is 11.5 Å². The monoisotopic (exact) mass is 298 g/mol. The lowest BCUT2D eigenvalue weighted by Crippen LogP contribution is -2.50. The van der Waals surface area contributed by atoms with Gasteiger partial charge in [0.25, 0.3) is 0 Å². The molecule has 108 valence electrons. The molecular weight excluding hydrogens is 284 g/mol. The van der Waals surface area contributed by atoms with Gasteiger partial charge in [-0.15, -0.1) is 0 Å². The Hall–Kier alpha value is -1.50. The first-order chi connectivity index (χ1) is 9.48. The maximum absolute atomic E-state index is 11.1. The molecule has 0 radical (unpaired) electrons. The van der Waals surface area contributed by atoms with Crippen molar-refractivity contribution in [2.45, 2.75) is 18.5 Å². The summed E-state index contributed by atoms with van der Waals surface area (Å²) in [6, 6.07) is 3.68. The van der Waals surface area contributed by atoms with Crippen molar-refractivity contribution in [3.8, 4) is 11.5 Å². The molecule has 0 spiro atoms. The van der Waals surface area contributed by atoms with Crippen LogP contribution in [0.5, 0.6) is 11.5 Å². The first kappa shape index (κ1) is 13.5. The van der Waals surface area contributed by atoms with Crippen molar-refractivity contribution in [3.05, 3.63) is 22.7 Å². The highest BCUT2D eigenvalue weighted by molar-refractivity contribution is 6.32. The summed E-state index contributed by atoms with van der Waals surface area (Å²) in [5.74, 6) is 0.239. The minimum absolute atomic E-state index is 0.174. The minimum Gasteiger partial charge on any atom is -0.480 e. The summed E-state index contributed by atoms with van der Waals surface area (Å²) in [5, 5.41) is 9.62. The number of likely N-dealkylation sites (tertiary alicyclic amines) is 1. The van der Waals surface area contributed by atoms with Crippen LogP contribution in [0.3, 0.4) is 0 Å². The lowest BCUT2D eigenvalue weighted by atomic mass is 10.0. The van der Waals surface area contributed by atoms with Gasteiger partial charge in [-0.25, -0.2) is 0 Å². The standard InChI is InChI=1S/C13H15ClN2O4/c14-9-3-8(4-10-11(9)20-7-19-10)5-16-2-1-13(15,6-16)12(17)18/h3-4H,1-2,5-7,15H2,(H,17,18). The Morgan fingerprint density at radius 3 is 3.00 bits per heavy atom. The molecule has 0 bridgehead atoms. The van der Waals surface area contributed by atoms with Gasteiger partial charge in [0.1, 0.15) is 5.54 Å². The number of carbonyl (C=O) groups is 1. The number of halogens is 1. The van der Waals surface area contributed by atoms with E-state index in [0.29, 0.717) is 42.6 Å². The zero-order valence-corrected chi connectivity index (χ0v) is 11.5. The molecule has 0 saturated carbocycles. The fraction of sp³-hybridized carbons (Fsp3) is 0.462. The summed E-state index contributed by atoms with van der Waals surface area (Å²) in [6.45, 7) is 1.74. The van der Waals surface area contributed by atoms with E-state index >= 15 is 0 Å². The molecule has 1 aromatic carbocycles. The van der Waals surface area contributed by atoms with Gasteiger partial charge in [-0.1, -0.05) is 11.6 Å². The number of nitrogens with two attached hydrogens (primary N) is 1. The molecule has 0 amide bonds. The third-order valence-electron chi connectivity index (χ3n) is 3.70. The summed E-state index contributed by atoms with van der Waals surface area (Å²) in [4.78, 5) is 13.1. The number of ether oxygens (including phenoxy) is 2. The van der Waals surface area contributed by atoms with Gasteiger partial charge >= 0.3 is 5.97 Å². The van der Waals surface area contributed by atoms with Crippen molar-refractivity contribution in [1.82, 2.24) is 4.90 Å². The molecular formula is C13H15ClN2O4. The van der Waals surface area contributed by atoms with Crippen LogP contribution in [-0.4, -0.2) is 41.4 Å². The number of carboxylic acid groups (broad SMARTS) is 1. The van der Waals surface area contributed by atoms with Crippen LogP contribution in [0.1, 0.15) is 12.0 Å². The zero-order chi connectivity index (χ0) is 14.3. The number of rotatable bonds is 3.